The van der Waals surface area contributed by atoms with Crippen molar-refractivity contribution in [3.8, 4) is 16.9 Å². The monoisotopic (exact) mass is 506 g/mol. The molecule has 5 nitrogen and oxygen atoms in total. The largest absolute Gasteiger partial charge is 0.482 e. The molecule has 0 spiro atoms. The van der Waals surface area contributed by atoms with E-state index in [1.165, 1.54) is 19.1 Å². The van der Waals surface area contributed by atoms with Crippen molar-refractivity contribution in [2.24, 2.45) is 0 Å². The molecule has 2 atom stereocenters. The number of nitrogens with two attached hydrogens (primary N) is 1. The number of benzene rings is 1. The minimum atomic E-state index is -4.54. The van der Waals surface area contributed by atoms with Crippen LogP contribution < -0.4 is 15.8 Å². The van der Waals surface area contributed by atoms with E-state index in [1.54, 1.807) is 18.5 Å². The van der Waals surface area contributed by atoms with Gasteiger partial charge in [0, 0.05) is 52.3 Å². The van der Waals surface area contributed by atoms with Crippen molar-refractivity contribution in [2.45, 2.75) is 51.8 Å². The zero-order valence-corrected chi connectivity index (χ0v) is 20.7. The molecule has 1 fully saturated rings. The number of pyridine rings is 2. The molecule has 1 aliphatic heterocycles. The number of anilines is 1. The lowest BCUT2D eigenvalue weighted by Gasteiger charge is -2.22. The molecule has 0 aliphatic carbocycles. The molecule has 0 saturated carbocycles. The van der Waals surface area contributed by atoms with E-state index < -0.39 is 17.8 Å². The Labute approximate surface area is 208 Å². The van der Waals surface area contributed by atoms with Crippen LogP contribution >= 0.6 is 11.6 Å². The Morgan fingerprint density at radius 2 is 1.83 bits per heavy atom. The molecule has 0 radical (unpaired) electrons. The van der Waals surface area contributed by atoms with Crippen molar-refractivity contribution in [1.29, 1.82) is 0 Å². The van der Waals surface area contributed by atoms with Crippen LogP contribution in [0.1, 0.15) is 62.5 Å². The second kappa shape index (κ2) is 11.7. The number of alkyl halides is 3. The first-order chi connectivity index (χ1) is 16.7. The minimum Gasteiger partial charge on any atom is -0.482 e. The van der Waals surface area contributed by atoms with Gasteiger partial charge >= 0.3 is 6.18 Å². The molecule has 2 aromatic heterocycles. The van der Waals surface area contributed by atoms with Gasteiger partial charge in [0.15, 0.2) is 11.6 Å². The predicted octanol–water partition coefficient (Wildman–Crippen LogP) is 7.03. The molecule has 4 rings (SSSR count). The van der Waals surface area contributed by atoms with Gasteiger partial charge in [-0.3, -0.25) is 4.98 Å². The van der Waals surface area contributed by atoms with E-state index in [4.69, 9.17) is 22.1 Å². The second-order valence-corrected chi connectivity index (χ2v) is 8.55. The van der Waals surface area contributed by atoms with Crippen LogP contribution in [0.15, 0.2) is 48.8 Å². The van der Waals surface area contributed by atoms with Gasteiger partial charge in [-0.15, -0.1) is 0 Å². The molecule has 0 bridgehead atoms. The molecular formula is C26H30ClF3N4O. The molecular weight excluding hydrogens is 477 g/mol. The summed E-state index contributed by atoms with van der Waals surface area (Å²) in [6, 6.07) is 9.02. The number of nitrogens with one attached hydrogen (secondary N) is 1. The van der Waals surface area contributed by atoms with Gasteiger partial charge in [-0.05, 0) is 56.6 Å². The summed E-state index contributed by atoms with van der Waals surface area (Å²) in [6.07, 6.45) is 0.0818. The van der Waals surface area contributed by atoms with Gasteiger partial charge in [0.05, 0.1) is 5.56 Å². The van der Waals surface area contributed by atoms with Gasteiger partial charge in [-0.1, -0.05) is 31.5 Å². The zero-order valence-electron chi connectivity index (χ0n) is 20.0. The zero-order chi connectivity index (χ0) is 25.6. The van der Waals surface area contributed by atoms with Gasteiger partial charge < -0.3 is 15.8 Å². The average Bonchev–Trinajstić information content (AvgIpc) is 2.86. The van der Waals surface area contributed by atoms with E-state index in [-0.39, 0.29) is 22.2 Å². The maximum Gasteiger partial charge on any atom is 0.416 e. The predicted molar refractivity (Wildman–Crippen MR) is 134 cm³/mol. The first kappa shape index (κ1) is 26.8. The van der Waals surface area contributed by atoms with Gasteiger partial charge in [0.2, 0.25) is 0 Å². The fourth-order valence-corrected chi connectivity index (χ4v) is 4.19. The summed E-state index contributed by atoms with van der Waals surface area (Å²) >= 11 is 5.95. The summed E-state index contributed by atoms with van der Waals surface area (Å²) in [5.74, 6) is 0.658. The molecule has 9 heteroatoms. The Morgan fingerprint density at radius 3 is 2.46 bits per heavy atom. The van der Waals surface area contributed by atoms with Crippen LogP contribution in [-0.2, 0) is 6.18 Å². The van der Waals surface area contributed by atoms with Crippen LogP contribution in [-0.4, -0.2) is 23.1 Å². The smallest absolute Gasteiger partial charge is 0.416 e. The normalized spacial score (nSPS) is 16.7. The number of aromatic nitrogens is 2. The molecule has 3 aromatic rings. The van der Waals surface area contributed by atoms with Crippen LogP contribution in [0.2, 0.25) is 5.02 Å². The number of ether oxygens (including phenoxy) is 1. The molecule has 1 saturated heterocycles. The third-order valence-corrected chi connectivity index (χ3v) is 6.01. The molecule has 1 aromatic carbocycles. The standard InChI is InChI=1S/C24H24ClF3N4O.C2H6/c1-14(19-10-18(25)5-6-20(19)24(26,27)28)33-22-9-17(13-32-23(22)29)15-4-7-21(31-12-15)16-3-2-8-30-11-16;1-2/h4-7,9-10,12-14,16,30H,2-3,8,11H2,1H3,(H2,29,32);1-2H3. The Morgan fingerprint density at radius 1 is 1.09 bits per heavy atom. The molecule has 1 aliphatic rings. The number of piperidine rings is 1. The Hall–Kier alpha value is -2.84. The van der Waals surface area contributed by atoms with Gasteiger partial charge in [-0.25, -0.2) is 4.98 Å². The maximum atomic E-state index is 13.5. The summed E-state index contributed by atoms with van der Waals surface area (Å²) < 4.78 is 46.2. The van der Waals surface area contributed by atoms with E-state index in [2.05, 4.69) is 15.3 Å². The lowest BCUT2D eigenvalue weighted by molar-refractivity contribution is -0.138. The van der Waals surface area contributed by atoms with E-state index in [9.17, 15) is 13.2 Å². The van der Waals surface area contributed by atoms with E-state index in [0.717, 1.165) is 43.3 Å². The SMILES string of the molecule is CC.CC(Oc1cc(-c2ccc(C3CCCNC3)nc2)cnc1N)c1cc(Cl)ccc1C(F)(F)F. The summed E-state index contributed by atoms with van der Waals surface area (Å²) in [6.45, 7) is 7.46. The van der Waals surface area contributed by atoms with Gasteiger partial charge in [-0.2, -0.15) is 13.2 Å². The Kier molecular flexibility index (Phi) is 8.97. The quantitative estimate of drug-likeness (QED) is 0.388. The van der Waals surface area contributed by atoms with Gasteiger partial charge in [0.25, 0.3) is 0 Å². The van der Waals surface area contributed by atoms with Crippen LogP contribution in [0.3, 0.4) is 0 Å². The van der Waals surface area contributed by atoms with Crippen molar-refractivity contribution in [3.05, 3.63) is 70.6 Å². The number of hydrogen-bond donors (Lipinski definition) is 2. The Bertz CT molecular complexity index is 1120. The highest BCUT2D eigenvalue weighted by molar-refractivity contribution is 6.30. The summed E-state index contributed by atoms with van der Waals surface area (Å²) in [4.78, 5) is 8.78. The van der Waals surface area contributed by atoms with Crippen molar-refractivity contribution in [3.63, 3.8) is 0 Å². The highest BCUT2D eigenvalue weighted by atomic mass is 35.5. The number of halogens is 4. The van der Waals surface area contributed by atoms with Crippen LogP contribution in [0.5, 0.6) is 5.75 Å². The lowest BCUT2D eigenvalue weighted by atomic mass is 9.95. The van der Waals surface area contributed by atoms with E-state index in [1.807, 2.05) is 26.0 Å². The van der Waals surface area contributed by atoms with Crippen molar-refractivity contribution in [1.82, 2.24) is 15.3 Å². The van der Waals surface area contributed by atoms with E-state index >= 15 is 0 Å². The average molecular weight is 507 g/mol. The third-order valence-electron chi connectivity index (χ3n) is 5.78. The van der Waals surface area contributed by atoms with Gasteiger partial charge in [0.1, 0.15) is 6.10 Å². The first-order valence-electron chi connectivity index (χ1n) is 11.7. The maximum absolute atomic E-state index is 13.5. The molecule has 3 heterocycles. The summed E-state index contributed by atoms with van der Waals surface area (Å²) in [5.41, 5.74) is 7.62. The number of rotatable bonds is 5. The summed E-state index contributed by atoms with van der Waals surface area (Å²) in [7, 11) is 0. The molecule has 2 unspecified atom stereocenters. The van der Waals surface area contributed by atoms with Crippen molar-refractivity contribution >= 4 is 17.4 Å². The fraction of sp³-hybridized carbons (Fsp3) is 0.385. The second-order valence-electron chi connectivity index (χ2n) is 8.11. The van der Waals surface area contributed by atoms with E-state index in [0.29, 0.717) is 11.5 Å². The molecule has 3 N–H and O–H groups in total. The molecule has 0 amide bonds. The number of nitrogens with zero attached hydrogens (tertiary/aromatic N) is 2. The number of hydrogen-bond acceptors (Lipinski definition) is 5. The highest BCUT2D eigenvalue weighted by Gasteiger charge is 2.35. The fourth-order valence-electron chi connectivity index (χ4n) is 4.01. The van der Waals surface area contributed by atoms with Crippen molar-refractivity contribution < 1.29 is 17.9 Å². The molecule has 35 heavy (non-hydrogen) atoms. The summed E-state index contributed by atoms with van der Waals surface area (Å²) in [5, 5.41) is 3.57. The third kappa shape index (κ3) is 6.64. The van der Waals surface area contributed by atoms with Crippen LogP contribution in [0.4, 0.5) is 19.0 Å². The lowest BCUT2D eigenvalue weighted by Crippen LogP contribution is -2.28. The first-order valence-corrected chi connectivity index (χ1v) is 12.1. The van der Waals surface area contributed by atoms with Crippen molar-refractivity contribution in [2.75, 3.05) is 18.8 Å². The minimum absolute atomic E-state index is 0.0769. The Balaban J connectivity index is 0.00000167. The topological polar surface area (TPSA) is 73.1 Å². The molecule has 188 valence electrons. The van der Waals surface area contributed by atoms with Crippen LogP contribution in [0.25, 0.3) is 11.1 Å². The van der Waals surface area contributed by atoms with Crippen LogP contribution in [0, 0.1) is 0 Å². The highest BCUT2D eigenvalue weighted by Crippen LogP contribution is 2.38. The number of nitrogen functional groups attached to an aromatic ring is 1.